The van der Waals surface area contributed by atoms with Crippen molar-refractivity contribution in [1.29, 1.82) is 0 Å². The lowest BCUT2D eigenvalue weighted by atomic mass is 9.92. The molecule has 0 radical (unpaired) electrons. The Morgan fingerprint density at radius 1 is 0.432 bits per heavy atom. The second-order valence-electron chi connectivity index (χ2n) is 8.77. The molecule has 3 aromatic heterocycles. The summed E-state index contributed by atoms with van der Waals surface area (Å²) in [7, 11) is 0. The van der Waals surface area contributed by atoms with Gasteiger partial charge >= 0.3 is 0 Å². The van der Waals surface area contributed by atoms with Crippen LogP contribution in [-0.2, 0) is 0 Å². The summed E-state index contributed by atoms with van der Waals surface area (Å²) in [5.74, 6) is 0.212. The van der Waals surface area contributed by atoms with Crippen molar-refractivity contribution in [2.75, 3.05) is 0 Å². The zero-order valence-electron chi connectivity index (χ0n) is 20.0. The molecule has 0 bridgehead atoms. The standard InChI is InChI=1S/C33H23N3O/c37-33-30(26-14-12-24(13-15-26)28-6-4-17-35-22-28)19-29(20-31(33)32-7-1-2-18-36-32)25-10-8-23(9-11-25)27-5-3-16-34-21-27/h1-22,37H. The van der Waals surface area contributed by atoms with Gasteiger partial charge in [-0.25, -0.2) is 0 Å². The highest BCUT2D eigenvalue weighted by Crippen LogP contribution is 2.42. The first-order chi connectivity index (χ1) is 18.3. The van der Waals surface area contributed by atoms with Crippen molar-refractivity contribution in [3.05, 3.63) is 134 Å². The van der Waals surface area contributed by atoms with Crippen LogP contribution in [0.3, 0.4) is 0 Å². The van der Waals surface area contributed by atoms with E-state index in [1.165, 1.54) is 0 Å². The topological polar surface area (TPSA) is 58.9 Å². The molecule has 6 aromatic rings. The van der Waals surface area contributed by atoms with Gasteiger partial charge in [-0.2, -0.15) is 0 Å². The highest BCUT2D eigenvalue weighted by atomic mass is 16.3. The van der Waals surface area contributed by atoms with Crippen LogP contribution in [0.1, 0.15) is 0 Å². The summed E-state index contributed by atoms with van der Waals surface area (Å²) in [5.41, 5.74) is 9.46. The Bertz CT molecular complexity index is 1630. The van der Waals surface area contributed by atoms with Crippen LogP contribution in [0.25, 0.3) is 55.8 Å². The predicted molar refractivity (Wildman–Crippen MR) is 149 cm³/mol. The van der Waals surface area contributed by atoms with Crippen molar-refractivity contribution in [2.24, 2.45) is 0 Å². The fraction of sp³-hybridized carbons (Fsp3) is 0. The second-order valence-corrected chi connectivity index (χ2v) is 8.77. The largest absolute Gasteiger partial charge is 0.507 e. The molecule has 6 rings (SSSR count). The number of nitrogens with zero attached hydrogens (tertiary/aromatic N) is 3. The molecule has 0 aliphatic heterocycles. The van der Waals surface area contributed by atoms with Gasteiger partial charge in [0.2, 0.25) is 0 Å². The first-order valence-corrected chi connectivity index (χ1v) is 12.1. The summed E-state index contributed by atoms with van der Waals surface area (Å²) in [6.45, 7) is 0. The van der Waals surface area contributed by atoms with E-state index in [1.54, 1.807) is 18.6 Å². The molecule has 0 amide bonds. The van der Waals surface area contributed by atoms with Gasteiger partial charge in [-0.05, 0) is 75.3 Å². The molecular formula is C33H23N3O. The highest BCUT2D eigenvalue weighted by molar-refractivity contribution is 5.87. The smallest absolute Gasteiger partial charge is 0.132 e. The Morgan fingerprint density at radius 2 is 0.973 bits per heavy atom. The zero-order chi connectivity index (χ0) is 25.0. The van der Waals surface area contributed by atoms with Gasteiger partial charge in [-0.15, -0.1) is 0 Å². The number of aromatic nitrogens is 3. The number of hydrogen-bond donors (Lipinski definition) is 1. The lowest BCUT2D eigenvalue weighted by Gasteiger charge is -2.14. The molecule has 0 fully saturated rings. The van der Waals surface area contributed by atoms with E-state index in [0.29, 0.717) is 5.56 Å². The zero-order valence-corrected chi connectivity index (χ0v) is 20.0. The summed E-state index contributed by atoms with van der Waals surface area (Å²) >= 11 is 0. The molecule has 0 atom stereocenters. The van der Waals surface area contributed by atoms with Gasteiger partial charge in [0, 0.05) is 42.1 Å². The minimum atomic E-state index is 0.212. The molecule has 3 aromatic carbocycles. The number of hydrogen-bond acceptors (Lipinski definition) is 4. The van der Waals surface area contributed by atoms with Gasteiger partial charge in [0.15, 0.2) is 0 Å². The second kappa shape index (κ2) is 9.88. The van der Waals surface area contributed by atoms with Gasteiger partial charge in [0.25, 0.3) is 0 Å². The molecular weight excluding hydrogens is 454 g/mol. The predicted octanol–water partition coefficient (Wildman–Crippen LogP) is 7.91. The fourth-order valence-electron chi connectivity index (χ4n) is 4.50. The molecule has 4 heteroatoms. The van der Waals surface area contributed by atoms with Crippen molar-refractivity contribution in [3.8, 4) is 61.5 Å². The molecule has 0 unspecified atom stereocenters. The van der Waals surface area contributed by atoms with Crippen LogP contribution in [0.2, 0.25) is 0 Å². The molecule has 176 valence electrons. The lowest BCUT2D eigenvalue weighted by molar-refractivity contribution is 0.479. The van der Waals surface area contributed by atoms with E-state index in [-0.39, 0.29) is 5.75 Å². The Hall–Kier alpha value is -5.09. The van der Waals surface area contributed by atoms with Crippen LogP contribution in [0, 0.1) is 0 Å². The van der Waals surface area contributed by atoms with Gasteiger partial charge in [-0.3, -0.25) is 15.0 Å². The van der Waals surface area contributed by atoms with E-state index in [0.717, 1.165) is 50.2 Å². The van der Waals surface area contributed by atoms with E-state index < -0.39 is 0 Å². The molecule has 1 N–H and O–H groups in total. The molecule has 4 nitrogen and oxygen atoms in total. The van der Waals surface area contributed by atoms with E-state index in [2.05, 4.69) is 57.4 Å². The third kappa shape index (κ3) is 4.60. The summed E-state index contributed by atoms with van der Waals surface area (Å²) in [6.07, 6.45) is 9.00. The molecule has 0 aliphatic rings. The van der Waals surface area contributed by atoms with Gasteiger partial charge in [0.1, 0.15) is 5.75 Å². The van der Waals surface area contributed by atoms with Crippen LogP contribution < -0.4 is 0 Å². The van der Waals surface area contributed by atoms with Crippen molar-refractivity contribution in [2.45, 2.75) is 0 Å². The van der Waals surface area contributed by atoms with E-state index >= 15 is 0 Å². The van der Waals surface area contributed by atoms with Crippen molar-refractivity contribution < 1.29 is 5.11 Å². The summed E-state index contributed by atoms with van der Waals surface area (Å²) in [6, 6.07) is 34.3. The monoisotopic (exact) mass is 477 g/mol. The Kier molecular flexibility index (Phi) is 5.97. The molecule has 0 spiro atoms. The van der Waals surface area contributed by atoms with Gasteiger partial charge in [0.05, 0.1) is 5.69 Å². The Balaban J connectivity index is 1.45. The molecule has 0 saturated carbocycles. The third-order valence-electron chi connectivity index (χ3n) is 6.45. The summed E-state index contributed by atoms with van der Waals surface area (Å²) in [4.78, 5) is 13.0. The Morgan fingerprint density at radius 3 is 1.49 bits per heavy atom. The average Bonchev–Trinajstić information content (AvgIpc) is 2.99. The van der Waals surface area contributed by atoms with Crippen LogP contribution >= 0.6 is 0 Å². The fourth-order valence-corrected chi connectivity index (χ4v) is 4.50. The number of phenolic OH excluding ortho intramolecular Hbond substituents is 1. The molecule has 0 aliphatic carbocycles. The maximum absolute atomic E-state index is 11.4. The van der Waals surface area contributed by atoms with E-state index in [9.17, 15) is 5.11 Å². The highest BCUT2D eigenvalue weighted by Gasteiger charge is 2.16. The van der Waals surface area contributed by atoms with Gasteiger partial charge < -0.3 is 5.11 Å². The molecule has 0 saturated heterocycles. The summed E-state index contributed by atoms with van der Waals surface area (Å²) in [5, 5.41) is 11.4. The third-order valence-corrected chi connectivity index (χ3v) is 6.45. The Labute approximate surface area is 215 Å². The molecule has 3 heterocycles. The maximum atomic E-state index is 11.4. The van der Waals surface area contributed by atoms with Crippen LogP contribution in [-0.4, -0.2) is 20.1 Å². The van der Waals surface area contributed by atoms with Crippen LogP contribution in [0.15, 0.2) is 134 Å². The van der Waals surface area contributed by atoms with Gasteiger partial charge in [-0.1, -0.05) is 66.7 Å². The average molecular weight is 478 g/mol. The van der Waals surface area contributed by atoms with Crippen molar-refractivity contribution >= 4 is 0 Å². The number of phenols is 1. The minimum Gasteiger partial charge on any atom is -0.507 e. The lowest BCUT2D eigenvalue weighted by Crippen LogP contribution is -1.90. The first-order valence-electron chi connectivity index (χ1n) is 12.1. The van der Waals surface area contributed by atoms with E-state index in [1.807, 2.05) is 73.1 Å². The normalized spacial score (nSPS) is 10.8. The molecule has 37 heavy (non-hydrogen) atoms. The summed E-state index contributed by atoms with van der Waals surface area (Å²) < 4.78 is 0. The van der Waals surface area contributed by atoms with Crippen molar-refractivity contribution in [3.63, 3.8) is 0 Å². The number of rotatable bonds is 5. The quantitative estimate of drug-likeness (QED) is 0.274. The number of pyridine rings is 3. The van der Waals surface area contributed by atoms with E-state index in [4.69, 9.17) is 0 Å². The SMILES string of the molecule is Oc1c(-c2ccc(-c3cccnc3)cc2)cc(-c2ccc(-c3cccnc3)cc2)cc1-c1ccccn1. The van der Waals surface area contributed by atoms with Crippen LogP contribution in [0.4, 0.5) is 0 Å². The van der Waals surface area contributed by atoms with Crippen molar-refractivity contribution in [1.82, 2.24) is 15.0 Å². The number of benzene rings is 3. The number of aromatic hydroxyl groups is 1. The first kappa shape index (κ1) is 22.4. The van der Waals surface area contributed by atoms with Crippen LogP contribution in [0.5, 0.6) is 5.75 Å². The maximum Gasteiger partial charge on any atom is 0.132 e. The minimum absolute atomic E-state index is 0.212.